The molecule has 0 aliphatic carbocycles. The average Bonchev–Trinajstić information content (AvgIpc) is 2.72. The van der Waals surface area contributed by atoms with E-state index >= 15 is 0 Å². The smallest absolute Gasteiger partial charge is 0.341 e. The normalized spacial score (nSPS) is 10.5. The molecule has 0 bridgehead atoms. The second-order valence-corrected chi connectivity index (χ2v) is 3.86. The second kappa shape index (κ2) is 4.41. The topological polar surface area (TPSA) is 63.3 Å². The van der Waals surface area contributed by atoms with Gasteiger partial charge in [-0.05, 0) is 13.0 Å². The Labute approximate surface area is 98.9 Å². The summed E-state index contributed by atoms with van der Waals surface area (Å²) in [6.45, 7) is 3.79. The lowest BCUT2D eigenvalue weighted by atomic mass is 10.0. The number of aromatic nitrogens is 1. The summed E-state index contributed by atoms with van der Waals surface area (Å²) in [5.41, 5.74) is 2.39. The Hall–Kier alpha value is -2.10. The third-order valence-corrected chi connectivity index (χ3v) is 2.59. The maximum atomic E-state index is 11.2. The number of carbonyl (C=O) groups is 1. The van der Waals surface area contributed by atoms with Gasteiger partial charge < -0.3 is 9.63 Å². The van der Waals surface area contributed by atoms with Gasteiger partial charge in [-0.3, -0.25) is 0 Å². The zero-order chi connectivity index (χ0) is 12.4. The highest BCUT2D eigenvalue weighted by Gasteiger charge is 2.22. The van der Waals surface area contributed by atoms with Crippen LogP contribution in [0.2, 0.25) is 0 Å². The van der Waals surface area contributed by atoms with Gasteiger partial charge in [0.25, 0.3) is 0 Å². The van der Waals surface area contributed by atoms with Gasteiger partial charge in [0, 0.05) is 12.0 Å². The van der Waals surface area contributed by atoms with E-state index in [1.54, 1.807) is 0 Å². The highest BCUT2D eigenvalue weighted by Crippen LogP contribution is 2.26. The first kappa shape index (κ1) is 11.4. The van der Waals surface area contributed by atoms with Crippen molar-refractivity contribution in [1.82, 2.24) is 5.16 Å². The van der Waals surface area contributed by atoms with Gasteiger partial charge in [0.1, 0.15) is 11.3 Å². The molecule has 0 atom stereocenters. The van der Waals surface area contributed by atoms with Crippen LogP contribution < -0.4 is 0 Å². The Balaban J connectivity index is 2.60. The molecule has 1 aromatic carbocycles. The van der Waals surface area contributed by atoms with Crippen molar-refractivity contribution in [3.63, 3.8) is 0 Å². The van der Waals surface area contributed by atoms with Gasteiger partial charge in [-0.1, -0.05) is 35.8 Å². The third-order valence-electron chi connectivity index (χ3n) is 2.59. The fourth-order valence-electron chi connectivity index (χ4n) is 1.78. The third kappa shape index (κ3) is 2.06. The Kier molecular flexibility index (Phi) is 2.95. The van der Waals surface area contributed by atoms with Crippen LogP contribution in [0.4, 0.5) is 0 Å². The molecule has 0 amide bonds. The number of hydrogen-bond acceptors (Lipinski definition) is 3. The summed E-state index contributed by atoms with van der Waals surface area (Å²) in [6, 6.07) is 7.54. The minimum Gasteiger partial charge on any atom is -0.477 e. The van der Waals surface area contributed by atoms with Gasteiger partial charge in [-0.15, -0.1) is 0 Å². The lowest BCUT2D eigenvalue weighted by molar-refractivity contribution is 0.0695. The van der Waals surface area contributed by atoms with Crippen LogP contribution in [0.3, 0.4) is 0 Å². The van der Waals surface area contributed by atoms with Crippen LogP contribution in [0, 0.1) is 6.92 Å². The molecule has 0 spiro atoms. The molecule has 88 valence electrons. The van der Waals surface area contributed by atoms with E-state index in [-0.39, 0.29) is 5.56 Å². The summed E-state index contributed by atoms with van der Waals surface area (Å²) in [4.78, 5) is 11.2. The number of benzene rings is 1. The highest BCUT2D eigenvalue weighted by atomic mass is 16.5. The largest absolute Gasteiger partial charge is 0.477 e. The maximum absolute atomic E-state index is 11.2. The molecular weight excluding hydrogens is 218 g/mol. The molecule has 0 unspecified atom stereocenters. The summed E-state index contributed by atoms with van der Waals surface area (Å²) in [5, 5.41) is 13.1. The summed E-state index contributed by atoms with van der Waals surface area (Å²) in [5.74, 6) is -0.589. The molecule has 1 N–H and O–H groups in total. The van der Waals surface area contributed by atoms with Gasteiger partial charge in [-0.25, -0.2) is 4.79 Å². The molecule has 0 fully saturated rings. The summed E-state index contributed by atoms with van der Waals surface area (Å²) in [6.07, 6.45) is 0.514. The van der Waals surface area contributed by atoms with Crippen LogP contribution in [0.15, 0.2) is 28.8 Å². The summed E-state index contributed by atoms with van der Waals surface area (Å²) >= 11 is 0. The molecule has 4 nitrogen and oxygen atoms in total. The molecular formula is C13H13NO3. The number of hydrogen-bond donors (Lipinski definition) is 1. The minimum atomic E-state index is -1.00. The van der Waals surface area contributed by atoms with Crippen LogP contribution in [-0.4, -0.2) is 16.2 Å². The predicted octanol–water partition coefficient (Wildman–Crippen LogP) is 2.91. The van der Waals surface area contributed by atoms with E-state index in [0.717, 1.165) is 11.1 Å². The predicted molar refractivity (Wildman–Crippen MR) is 63.0 cm³/mol. The zero-order valence-corrected chi connectivity index (χ0v) is 9.73. The van der Waals surface area contributed by atoms with E-state index in [9.17, 15) is 9.90 Å². The van der Waals surface area contributed by atoms with E-state index in [0.29, 0.717) is 17.9 Å². The van der Waals surface area contributed by atoms with E-state index in [1.165, 1.54) is 0 Å². The minimum absolute atomic E-state index is 0.165. The zero-order valence-electron chi connectivity index (χ0n) is 9.73. The van der Waals surface area contributed by atoms with Crippen molar-refractivity contribution in [2.45, 2.75) is 20.3 Å². The van der Waals surface area contributed by atoms with Crippen LogP contribution in [0.5, 0.6) is 0 Å². The molecule has 2 aromatic rings. The van der Waals surface area contributed by atoms with E-state index in [2.05, 4.69) is 5.16 Å². The molecule has 1 aromatic heterocycles. The van der Waals surface area contributed by atoms with E-state index in [4.69, 9.17) is 4.52 Å². The fraction of sp³-hybridized carbons (Fsp3) is 0.231. The number of aromatic carboxylic acids is 1. The lowest BCUT2D eigenvalue weighted by Crippen LogP contribution is -2.00. The molecule has 0 saturated carbocycles. The quantitative estimate of drug-likeness (QED) is 0.882. The lowest BCUT2D eigenvalue weighted by Gasteiger charge is -1.99. The van der Waals surface area contributed by atoms with E-state index in [1.807, 2.05) is 38.1 Å². The van der Waals surface area contributed by atoms with Crippen molar-refractivity contribution in [1.29, 1.82) is 0 Å². The van der Waals surface area contributed by atoms with Crippen molar-refractivity contribution in [3.05, 3.63) is 41.2 Å². The van der Waals surface area contributed by atoms with Gasteiger partial charge in [-0.2, -0.15) is 0 Å². The number of rotatable bonds is 3. The standard InChI is InChI=1S/C13H13NO3/c1-3-10-11(13(15)16)12(14-17-10)9-6-4-5-8(2)7-9/h4-7H,3H2,1-2H3,(H,15,16). The Bertz CT molecular complexity index is 558. The SMILES string of the molecule is CCc1onc(-c2cccc(C)c2)c1C(=O)O. The van der Waals surface area contributed by atoms with Crippen molar-refractivity contribution in [2.75, 3.05) is 0 Å². The molecule has 4 heteroatoms. The molecule has 1 heterocycles. The highest BCUT2D eigenvalue weighted by molar-refractivity contribution is 5.95. The molecule has 0 radical (unpaired) electrons. The van der Waals surface area contributed by atoms with E-state index < -0.39 is 5.97 Å². The molecule has 0 saturated heterocycles. The first-order valence-electron chi connectivity index (χ1n) is 5.42. The molecule has 2 rings (SSSR count). The van der Waals surface area contributed by atoms with Crippen molar-refractivity contribution in [3.8, 4) is 11.3 Å². The van der Waals surface area contributed by atoms with Gasteiger partial charge >= 0.3 is 5.97 Å². The van der Waals surface area contributed by atoms with Crippen LogP contribution in [0.25, 0.3) is 11.3 Å². The van der Waals surface area contributed by atoms with Crippen molar-refractivity contribution >= 4 is 5.97 Å². The van der Waals surface area contributed by atoms with Crippen LogP contribution >= 0.6 is 0 Å². The number of nitrogens with zero attached hydrogens (tertiary/aromatic N) is 1. The van der Waals surface area contributed by atoms with Crippen molar-refractivity contribution in [2.24, 2.45) is 0 Å². The average molecular weight is 231 g/mol. The number of aryl methyl sites for hydroxylation is 2. The van der Waals surface area contributed by atoms with Gasteiger partial charge in [0.05, 0.1) is 0 Å². The Morgan fingerprint density at radius 3 is 2.82 bits per heavy atom. The monoisotopic (exact) mass is 231 g/mol. The first-order valence-corrected chi connectivity index (χ1v) is 5.42. The Morgan fingerprint density at radius 1 is 1.47 bits per heavy atom. The van der Waals surface area contributed by atoms with Gasteiger partial charge in [0.15, 0.2) is 5.76 Å². The molecule has 17 heavy (non-hydrogen) atoms. The summed E-state index contributed by atoms with van der Waals surface area (Å²) in [7, 11) is 0. The van der Waals surface area contributed by atoms with Gasteiger partial charge in [0.2, 0.25) is 0 Å². The number of carboxylic acid groups (broad SMARTS) is 1. The Morgan fingerprint density at radius 2 is 2.24 bits per heavy atom. The second-order valence-electron chi connectivity index (χ2n) is 3.86. The fourth-order valence-corrected chi connectivity index (χ4v) is 1.78. The number of carboxylic acids is 1. The molecule has 0 aliphatic rings. The van der Waals surface area contributed by atoms with Crippen LogP contribution in [-0.2, 0) is 6.42 Å². The maximum Gasteiger partial charge on any atom is 0.341 e. The first-order chi connectivity index (χ1) is 8.13. The van der Waals surface area contributed by atoms with Crippen molar-refractivity contribution < 1.29 is 14.4 Å². The van der Waals surface area contributed by atoms with Crippen LogP contribution in [0.1, 0.15) is 28.6 Å². The summed E-state index contributed by atoms with van der Waals surface area (Å²) < 4.78 is 5.07. The molecule has 0 aliphatic heterocycles.